The number of aliphatic carboxylic acids is 1. The maximum absolute atomic E-state index is 12.4. The van der Waals surface area contributed by atoms with Crippen LogP contribution >= 0.6 is 0 Å². The number of amides is 1. The summed E-state index contributed by atoms with van der Waals surface area (Å²) < 4.78 is 37.1. The Morgan fingerprint density at radius 1 is 1.05 bits per heavy atom. The van der Waals surface area contributed by atoms with Gasteiger partial charge in [-0.1, -0.05) is 12.8 Å². The molecule has 1 rings (SSSR count). The molecule has 1 saturated heterocycles. The molecule has 0 aromatic rings. The Morgan fingerprint density at radius 2 is 1.60 bits per heavy atom. The van der Waals surface area contributed by atoms with Gasteiger partial charge in [-0.3, -0.25) is 14.5 Å². The van der Waals surface area contributed by atoms with Crippen LogP contribution < -0.4 is 0 Å². The third-order valence-corrected chi connectivity index (χ3v) is 3.08. The number of carboxylic acids is 1. The van der Waals surface area contributed by atoms with Gasteiger partial charge in [0.2, 0.25) is 5.91 Å². The molecule has 1 aliphatic rings. The van der Waals surface area contributed by atoms with Crippen LogP contribution in [0.3, 0.4) is 0 Å². The number of nitrogens with zero attached hydrogens (tertiary/aromatic N) is 2. The normalized spacial score (nSPS) is 17.1. The molecule has 1 N–H and O–H groups in total. The molecule has 0 spiro atoms. The fourth-order valence-electron chi connectivity index (χ4n) is 2.22. The topological polar surface area (TPSA) is 60.9 Å². The smallest absolute Gasteiger partial charge is 0.401 e. The molecule has 1 fully saturated rings. The van der Waals surface area contributed by atoms with E-state index in [1.54, 1.807) is 0 Å². The van der Waals surface area contributed by atoms with Crippen LogP contribution in [0, 0.1) is 0 Å². The van der Waals surface area contributed by atoms with Gasteiger partial charge in [-0.15, -0.1) is 0 Å². The zero-order valence-electron chi connectivity index (χ0n) is 11.2. The monoisotopic (exact) mass is 296 g/mol. The quantitative estimate of drug-likeness (QED) is 0.831. The number of alkyl halides is 3. The summed E-state index contributed by atoms with van der Waals surface area (Å²) in [6.07, 6.45) is -0.835. The molecule has 0 bridgehead atoms. The fraction of sp³-hybridized carbons (Fsp3) is 0.833. The number of carboxylic acid groups (broad SMARTS) is 1. The Labute approximate surface area is 115 Å². The molecule has 5 nitrogen and oxygen atoms in total. The molecule has 1 aliphatic heterocycles. The molecule has 0 radical (unpaired) electrons. The number of rotatable bonds is 5. The van der Waals surface area contributed by atoms with Gasteiger partial charge in [0.1, 0.15) is 0 Å². The first-order valence-corrected chi connectivity index (χ1v) is 6.56. The summed E-state index contributed by atoms with van der Waals surface area (Å²) in [5.41, 5.74) is 0. The van der Waals surface area contributed by atoms with Crippen LogP contribution in [-0.4, -0.2) is 65.7 Å². The van der Waals surface area contributed by atoms with E-state index >= 15 is 0 Å². The van der Waals surface area contributed by atoms with Crippen LogP contribution in [0.2, 0.25) is 0 Å². The number of carbonyl (C=O) groups is 2. The Kier molecular flexibility index (Phi) is 6.25. The van der Waals surface area contributed by atoms with Crippen molar-refractivity contribution in [1.29, 1.82) is 0 Å². The van der Waals surface area contributed by atoms with Gasteiger partial charge in [0.05, 0.1) is 19.6 Å². The largest absolute Gasteiger partial charge is 0.480 e. The Morgan fingerprint density at radius 3 is 2.05 bits per heavy atom. The van der Waals surface area contributed by atoms with Crippen LogP contribution in [-0.2, 0) is 9.59 Å². The van der Waals surface area contributed by atoms with E-state index in [1.165, 1.54) is 4.90 Å². The molecule has 1 heterocycles. The maximum Gasteiger partial charge on any atom is 0.401 e. The van der Waals surface area contributed by atoms with Crippen LogP contribution in [0.25, 0.3) is 0 Å². The molecule has 1 amide bonds. The molecular weight excluding hydrogens is 277 g/mol. The molecule has 0 atom stereocenters. The second-order valence-electron chi connectivity index (χ2n) is 4.95. The summed E-state index contributed by atoms with van der Waals surface area (Å²) in [7, 11) is 0. The molecule has 116 valence electrons. The average Bonchev–Trinajstić information content (AvgIpc) is 2.53. The summed E-state index contributed by atoms with van der Waals surface area (Å²) in [6, 6.07) is 0. The van der Waals surface area contributed by atoms with Gasteiger partial charge < -0.3 is 10.0 Å². The second-order valence-corrected chi connectivity index (χ2v) is 4.95. The Bertz CT molecular complexity index is 339. The lowest BCUT2D eigenvalue weighted by atomic mass is 10.2. The Balaban J connectivity index is 2.57. The predicted octanol–water partition coefficient (Wildman–Crippen LogP) is 1.34. The SMILES string of the molecule is O=C(O)CN(CC(=O)N1CCCCCC1)CC(F)(F)F. The van der Waals surface area contributed by atoms with Gasteiger partial charge in [-0.2, -0.15) is 13.2 Å². The fourth-order valence-corrected chi connectivity index (χ4v) is 2.22. The van der Waals surface area contributed by atoms with E-state index < -0.39 is 37.7 Å². The number of hydrogen-bond donors (Lipinski definition) is 1. The zero-order valence-corrected chi connectivity index (χ0v) is 11.2. The number of likely N-dealkylation sites (tertiary alicyclic amines) is 1. The highest BCUT2D eigenvalue weighted by molar-refractivity contribution is 5.79. The van der Waals surface area contributed by atoms with Gasteiger partial charge in [-0.25, -0.2) is 0 Å². The second kappa shape index (κ2) is 7.47. The van der Waals surface area contributed by atoms with E-state index in [0.29, 0.717) is 18.0 Å². The molecule has 20 heavy (non-hydrogen) atoms. The van der Waals surface area contributed by atoms with Crippen molar-refractivity contribution >= 4 is 11.9 Å². The van der Waals surface area contributed by atoms with Crippen molar-refractivity contribution in [1.82, 2.24) is 9.80 Å². The lowest BCUT2D eigenvalue weighted by Crippen LogP contribution is -2.45. The van der Waals surface area contributed by atoms with Crippen molar-refractivity contribution in [3.05, 3.63) is 0 Å². The van der Waals surface area contributed by atoms with Crippen LogP contribution in [0.5, 0.6) is 0 Å². The molecule has 0 aliphatic carbocycles. The lowest BCUT2D eigenvalue weighted by Gasteiger charge is -2.26. The van der Waals surface area contributed by atoms with Crippen molar-refractivity contribution in [2.24, 2.45) is 0 Å². The average molecular weight is 296 g/mol. The molecule has 0 unspecified atom stereocenters. The highest BCUT2D eigenvalue weighted by atomic mass is 19.4. The van der Waals surface area contributed by atoms with Crippen molar-refractivity contribution in [2.75, 3.05) is 32.7 Å². The molecule has 0 aromatic heterocycles. The van der Waals surface area contributed by atoms with Gasteiger partial charge in [-0.05, 0) is 12.8 Å². The van der Waals surface area contributed by atoms with Gasteiger partial charge >= 0.3 is 12.1 Å². The summed E-state index contributed by atoms with van der Waals surface area (Å²) in [6.45, 7) is -1.62. The minimum absolute atomic E-state index is 0.433. The molecule has 8 heteroatoms. The van der Waals surface area contributed by atoms with Crippen LogP contribution in [0.15, 0.2) is 0 Å². The summed E-state index contributed by atoms with van der Waals surface area (Å²) in [4.78, 5) is 24.7. The van der Waals surface area contributed by atoms with Gasteiger partial charge in [0.15, 0.2) is 0 Å². The number of hydrogen-bond acceptors (Lipinski definition) is 3. The third-order valence-electron chi connectivity index (χ3n) is 3.08. The highest BCUT2D eigenvalue weighted by Gasteiger charge is 2.33. The van der Waals surface area contributed by atoms with Crippen molar-refractivity contribution in [3.63, 3.8) is 0 Å². The number of halogens is 3. The minimum atomic E-state index is -4.52. The first kappa shape index (κ1) is 16.7. The van der Waals surface area contributed by atoms with Crippen molar-refractivity contribution in [3.8, 4) is 0 Å². The lowest BCUT2D eigenvalue weighted by molar-refractivity contribution is -0.157. The van der Waals surface area contributed by atoms with Gasteiger partial charge in [0, 0.05) is 13.1 Å². The van der Waals surface area contributed by atoms with Crippen molar-refractivity contribution < 1.29 is 27.9 Å². The van der Waals surface area contributed by atoms with Crippen LogP contribution in [0.1, 0.15) is 25.7 Å². The maximum atomic E-state index is 12.4. The standard InChI is InChI=1S/C12H19F3N2O3/c13-12(14,15)9-16(8-11(19)20)7-10(18)17-5-3-1-2-4-6-17/h1-9H2,(H,19,20). The molecular formula is C12H19F3N2O3. The first-order chi connectivity index (χ1) is 9.28. The predicted molar refractivity (Wildman–Crippen MR) is 65.2 cm³/mol. The first-order valence-electron chi connectivity index (χ1n) is 6.56. The van der Waals surface area contributed by atoms with E-state index in [4.69, 9.17) is 5.11 Å². The van der Waals surface area contributed by atoms with E-state index in [-0.39, 0.29) is 0 Å². The van der Waals surface area contributed by atoms with E-state index in [1.807, 2.05) is 0 Å². The zero-order chi connectivity index (χ0) is 15.2. The minimum Gasteiger partial charge on any atom is -0.480 e. The molecule has 0 aromatic carbocycles. The summed E-state index contributed by atoms with van der Waals surface area (Å²) in [5.74, 6) is -1.81. The van der Waals surface area contributed by atoms with E-state index in [0.717, 1.165) is 25.7 Å². The summed E-state index contributed by atoms with van der Waals surface area (Å²) in [5, 5.41) is 8.62. The van der Waals surface area contributed by atoms with Crippen molar-refractivity contribution in [2.45, 2.75) is 31.9 Å². The van der Waals surface area contributed by atoms with E-state index in [2.05, 4.69) is 0 Å². The number of carbonyl (C=O) groups excluding carboxylic acids is 1. The van der Waals surface area contributed by atoms with E-state index in [9.17, 15) is 22.8 Å². The van der Waals surface area contributed by atoms with Crippen LogP contribution in [0.4, 0.5) is 13.2 Å². The summed E-state index contributed by atoms with van der Waals surface area (Å²) >= 11 is 0. The third kappa shape index (κ3) is 6.74. The highest BCUT2D eigenvalue weighted by Crippen LogP contribution is 2.17. The van der Waals surface area contributed by atoms with Gasteiger partial charge in [0.25, 0.3) is 0 Å². The molecule has 0 saturated carbocycles. The Hall–Kier alpha value is -1.31.